The van der Waals surface area contributed by atoms with Crippen molar-refractivity contribution >= 4 is 28.5 Å². The molecule has 5 fully saturated rings. The van der Waals surface area contributed by atoms with Gasteiger partial charge in [0, 0.05) is 30.4 Å². The lowest BCUT2D eigenvalue weighted by molar-refractivity contribution is -0.116. The summed E-state index contributed by atoms with van der Waals surface area (Å²) in [5.74, 6) is 3.86. The number of hydrogen-bond donors (Lipinski definition) is 1. The summed E-state index contributed by atoms with van der Waals surface area (Å²) in [5, 5.41) is 4.34. The Morgan fingerprint density at radius 1 is 1.13 bits per heavy atom. The number of aliphatic imine (C=N–C) groups is 1. The molecule has 4 aliphatic carbocycles. The van der Waals surface area contributed by atoms with Gasteiger partial charge in [0.05, 0.1) is 5.54 Å². The molecule has 168 valence electrons. The van der Waals surface area contributed by atoms with E-state index in [0.29, 0.717) is 6.42 Å². The van der Waals surface area contributed by atoms with Crippen LogP contribution >= 0.6 is 11.8 Å². The molecule has 5 aliphatic rings. The second kappa shape index (κ2) is 8.80. The van der Waals surface area contributed by atoms with E-state index < -0.39 is 0 Å². The van der Waals surface area contributed by atoms with Crippen molar-refractivity contribution in [3.63, 3.8) is 0 Å². The molecule has 1 saturated heterocycles. The van der Waals surface area contributed by atoms with Gasteiger partial charge in [-0.15, -0.1) is 0 Å². The molecule has 1 aromatic carbocycles. The van der Waals surface area contributed by atoms with Crippen LogP contribution in [0.1, 0.15) is 70.3 Å². The Bertz CT molecular complexity index is 798. The van der Waals surface area contributed by atoms with Crippen LogP contribution in [-0.2, 0) is 4.79 Å². The van der Waals surface area contributed by atoms with Crippen LogP contribution in [0.2, 0.25) is 0 Å². The second-order valence-corrected chi connectivity index (χ2v) is 11.7. The Balaban J connectivity index is 1.28. The Morgan fingerprint density at radius 2 is 1.77 bits per heavy atom. The van der Waals surface area contributed by atoms with Crippen molar-refractivity contribution in [2.24, 2.45) is 22.7 Å². The molecule has 1 unspecified atom stereocenters. The molecule has 4 saturated carbocycles. The SMILES string of the molecule is CCCCN1C(=NC23CC4CC(CC(C4)C2)C3)SCC1CC(=O)Nc1ccc(C)cc1. The van der Waals surface area contributed by atoms with Crippen molar-refractivity contribution in [3.8, 4) is 0 Å². The van der Waals surface area contributed by atoms with Crippen molar-refractivity contribution in [1.82, 2.24) is 4.90 Å². The predicted molar refractivity (Wildman–Crippen MR) is 131 cm³/mol. The number of aryl methyl sites for hydroxylation is 1. The average Bonchev–Trinajstić information content (AvgIpc) is 3.07. The molecule has 4 bridgehead atoms. The van der Waals surface area contributed by atoms with Crippen molar-refractivity contribution in [1.29, 1.82) is 0 Å². The lowest BCUT2D eigenvalue weighted by atomic mass is 9.53. The number of nitrogens with one attached hydrogen (secondary N) is 1. The average molecular weight is 440 g/mol. The highest BCUT2D eigenvalue weighted by atomic mass is 32.2. The Kier molecular flexibility index (Phi) is 6.07. The van der Waals surface area contributed by atoms with Gasteiger partial charge in [-0.05, 0) is 81.8 Å². The van der Waals surface area contributed by atoms with Gasteiger partial charge in [-0.25, -0.2) is 0 Å². The van der Waals surface area contributed by atoms with Gasteiger partial charge in [0.25, 0.3) is 0 Å². The van der Waals surface area contributed by atoms with Crippen molar-refractivity contribution in [2.45, 2.75) is 83.2 Å². The molecular formula is C26H37N3OS. The van der Waals surface area contributed by atoms with E-state index in [-0.39, 0.29) is 17.5 Å². The maximum atomic E-state index is 12.8. The molecule has 0 spiro atoms. The largest absolute Gasteiger partial charge is 0.347 e. The third kappa shape index (κ3) is 4.67. The van der Waals surface area contributed by atoms with Gasteiger partial charge in [0.15, 0.2) is 5.17 Å². The third-order valence-corrected chi connectivity index (χ3v) is 9.07. The van der Waals surface area contributed by atoms with Crippen LogP contribution in [0.4, 0.5) is 5.69 Å². The summed E-state index contributed by atoms with van der Waals surface area (Å²) in [7, 11) is 0. The zero-order chi connectivity index (χ0) is 21.4. The van der Waals surface area contributed by atoms with Gasteiger partial charge in [-0.1, -0.05) is 42.8 Å². The third-order valence-electron chi connectivity index (χ3n) is 7.94. The number of thioether (sulfide) groups is 1. The molecular weight excluding hydrogens is 402 g/mol. The quantitative estimate of drug-likeness (QED) is 0.578. The topological polar surface area (TPSA) is 44.7 Å². The molecule has 1 atom stereocenters. The highest BCUT2D eigenvalue weighted by molar-refractivity contribution is 8.14. The van der Waals surface area contributed by atoms with Crippen molar-refractivity contribution in [2.75, 3.05) is 17.6 Å². The first-order chi connectivity index (χ1) is 15.0. The minimum atomic E-state index is 0.118. The number of carbonyl (C=O) groups excluding carboxylic acids is 1. The highest BCUT2D eigenvalue weighted by Gasteiger charge is 2.51. The van der Waals surface area contributed by atoms with Crippen LogP contribution in [0.25, 0.3) is 0 Å². The molecule has 1 amide bonds. The van der Waals surface area contributed by atoms with Crippen LogP contribution in [0, 0.1) is 24.7 Å². The molecule has 1 aliphatic heterocycles. The van der Waals surface area contributed by atoms with E-state index in [1.165, 1.54) is 55.7 Å². The molecule has 1 aromatic rings. The van der Waals surface area contributed by atoms with Crippen LogP contribution in [-0.4, -0.2) is 39.9 Å². The number of carbonyl (C=O) groups is 1. The Morgan fingerprint density at radius 3 is 2.39 bits per heavy atom. The maximum Gasteiger partial charge on any atom is 0.226 e. The normalized spacial score (nSPS) is 35.2. The number of unbranched alkanes of at least 4 members (excludes halogenated alkanes) is 1. The zero-order valence-electron chi connectivity index (χ0n) is 19.1. The molecule has 1 heterocycles. The Hall–Kier alpha value is -1.49. The number of rotatable bonds is 7. The van der Waals surface area contributed by atoms with E-state index in [4.69, 9.17) is 4.99 Å². The Labute approximate surface area is 191 Å². The summed E-state index contributed by atoms with van der Waals surface area (Å²) in [6.45, 7) is 5.34. The van der Waals surface area contributed by atoms with E-state index in [9.17, 15) is 4.79 Å². The number of amides is 1. The molecule has 1 N–H and O–H groups in total. The van der Waals surface area contributed by atoms with Crippen LogP contribution in [0.15, 0.2) is 29.3 Å². The van der Waals surface area contributed by atoms with Gasteiger partial charge in [0.1, 0.15) is 0 Å². The number of benzene rings is 1. The summed E-state index contributed by atoms with van der Waals surface area (Å²) in [6, 6.07) is 8.33. The smallest absolute Gasteiger partial charge is 0.226 e. The first-order valence-corrected chi connectivity index (χ1v) is 13.4. The monoisotopic (exact) mass is 439 g/mol. The lowest BCUT2D eigenvalue weighted by Gasteiger charge is -2.55. The first kappa shape index (κ1) is 21.4. The second-order valence-electron chi connectivity index (χ2n) is 10.7. The van der Waals surface area contributed by atoms with Gasteiger partial charge in [0.2, 0.25) is 5.91 Å². The van der Waals surface area contributed by atoms with Crippen molar-refractivity contribution < 1.29 is 4.79 Å². The van der Waals surface area contributed by atoms with Crippen LogP contribution < -0.4 is 5.32 Å². The fourth-order valence-corrected chi connectivity index (χ4v) is 8.14. The summed E-state index contributed by atoms with van der Waals surface area (Å²) >= 11 is 1.90. The molecule has 0 aromatic heterocycles. The summed E-state index contributed by atoms with van der Waals surface area (Å²) < 4.78 is 0. The summed E-state index contributed by atoms with van der Waals surface area (Å²) in [4.78, 5) is 20.8. The predicted octanol–water partition coefficient (Wildman–Crippen LogP) is 5.87. The highest BCUT2D eigenvalue weighted by Crippen LogP contribution is 2.57. The van der Waals surface area contributed by atoms with Crippen LogP contribution in [0.3, 0.4) is 0 Å². The fraction of sp³-hybridized carbons (Fsp3) is 0.692. The minimum absolute atomic E-state index is 0.118. The summed E-state index contributed by atoms with van der Waals surface area (Å²) in [5.41, 5.74) is 2.31. The molecule has 0 radical (unpaired) electrons. The van der Waals surface area contributed by atoms with E-state index in [1.807, 2.05) is 36.0 Å². The molecule has 4 nitrogen and oxygen atoms in total. The van der Waals surface area contributed by atoms with Gasteiger partial charge >= 0.3 is 0 Å². The van der Waals surface area contributed by atoms with Gasteiger partial charge in [-0.3, -0.25) is 9.79 Å². The number of nitrogens with zero attached hydrogens (tertiary/aromatic N) is 2. The first-order valence-electron chi connectivity index (χ1n) is 12.4. The van der Waals surface area contributed by atoms with E-state index in [1.54, 1.807) is 0 Å². The molecule has 5 heteroatoms. The molecule has 31 heavy (non-hydrogen) atoms. The fourth-order valence-electron chi connectivity index (χ4n) is 6.84. The lowest BCUT2D eigenvalue weighted by Crippen LogP contribution is -2.50. The van der Waals surface area contributed by atoms with Crippen molar-refractivity contribution in [3.05, 3.63) is 29.8 Å². The number of hydrogen-bond acceptors (Lipinski definition) is 3. The standard InChI is InChI=1S/C26H37N3OS/c1-3-4-9-29-23(13-24(30)27-22-7-5-18(2)6-8-22)17-31-25(29)28-26-14-19-10-20(15-26)12-21(11-19)16-26/h5-8,19-21,23H,3-4,9-17H2,1-2H3,(H,27,30). The minimum Gasteiger partial charge on any atom is -0.347 e. The van der Waals surface area contributed by atoms with E-state index in [0.717, 1.165) is 42.2 Å². The maximum absolute atomic E-state index is 12.8. The van der Waals surface area contributed by atoms with Crippen LogP contribution in [0.5, 0.6) is 0 Å². The van der Waals surface area contributed by atoms with E-state index in [2.05, 4.69) is 24.1 Å². The van der Waals surface area contributed by atoms with Gasteiger partial charge in [-0.2, -0.15) is 0 Å². The van der Waals surface area contributed by atoms with E-state index >= 15 is 0 Å². The molecule has 6 rings (SSSR count). The summed E-state index contributed by atoms with van der Waals surface area (Å²) in [6.07, 6.45) is 11.2. The zero-order valence-corrected chi connectivity index (χ0v) is 19.9. The van der Waals surface area contributed by atoms with Gasteiger partial charge < -0.3 is 10.2 Å². The number of amidine groups is 1. The number of anilines is 1.